The first-order valence-corrected chi connectivity index (χ1v) is 10.8. The topological polar surface area (TPSA) is 94.1 Å². The number of fused-ring (bicyclic) bond motifs is 2. The number of rotatable bonds is 7. The zero-order valence-electron chi connectivity index (χ0n) is 17.2. The van der Waals surface area contributed by atoms with Crippen molar-refractivity contribution in [2.45, 2.75) is 25.0 Å². The fourth-order valence-electron chi connectivity index (χ4n) is 3.54. The van der Waals surface area contributed by atoms with Gasteiger partial charge in [0.2, 0.25) is 0 Å². The molecule has 4 aromatic rings. The minimum absolute atomic E-state index is 0.0786. The molecule has 0 fully saturated rings. The Morgan fingerprint density at radius 3 is 2.68 bits per heavy atom. The van der Waals surface area contributed by atoms with Gasteiger partial charge in [0.25, 0.3) is 5.56 Å². The van der Waals surface area contributed by atoms with Crippen LogP contribution >= 0.6 is 11.8 Å². The average Bonchev–Trinajstić information content (AvgIpc) is 3.24. The maximum absolute atomic E-state index is 13.0. The number of aromatic amines is 1. The molecule has 4 rings (SSSR count). The van der Waals surface area contributed by atoms with Crippen molar-refractivity contribution in [3.05, 3.63) is 70.1 Å². The predicted molar refractivity (Wildman–Crippen MR) is 121 cm³/mol. The maximum atomic E-state index is 13.0. The van der Waals surface area contributed by atoms with Gasteiger partial charge in [-0.3, -0.25) is 19.0 Å². The van der Waals surface area contributed by atoms with Crippen LogP contribution < -0.4 is 5.56 Å². The van der Waals surface area contributed by atoms with Crippen LogP contribution in [0.1, 0.15) is 22.8 Å². The molecule has 1 N–H and O–H groups in total. The molecule has 0 unspecified atom stereocenters. The summed E-state index contributed by atoms with van der Waals surface area (Å²) in [6.07, 6.45) is 2.59. The van der Waals surface area contributed by atoms with Crippen molar-refractivity contribution in [1.29, 1.82) is 0 Å². The van der Waals surface area contributed by atoms with Crippen LogP contribution in [-0.4, -0.2) is 39.2 Å². The number of benzene rings is 2. The molecule has 0 saturated carbocycles. The molecule has 0 saturated heterocycles. The number of aromatic nitrogens is 3. The number of para-hydroxylation sites is 2. The first kappa shape index (κ1) is 20.9. The van der Waals surface area contributed by atoms with Gasteiger partial charge in [0.15, 0.2) is 10.9 Å². The first-order chi connectivity index (χ1) is 15.0. The highest BCUT2D eigenvalue weighted by Crippen LogP contribution is 2.25. The summed E-state index contributed by atoms with van der Waals surface area (Å²) >= 11 is 1.13. The van der Waals surface area contributed by atoms with Gasteiger partial charge < -0.3 is 9.72 Å². The maximum Gasteiger partial charge on any atom is 0.325 e. The van der Waals surface area contributed by atoms with E-state index in [9.17, 15) is 14.4 Å². The molecule has 2 aromatic heterocycles. The second-order valence-corrected chi connectivity index (χ2v) is 7.93. The van der Waals surface area contributed by atoms with E-state index in [1.165, 1.54) is 11.7 Å². The van der Waals surface area contributed by atoms with Gasteiger partial charge in [0.1, 0.15) is 6.54 Å². The van der Waals surface area contributed by atoms with Gasteiger partial charge in [-0.15, -0.1) is 0 Å². The second kappa shape index (κ2) is 8.77. The molecular formula is C23H21N3O4S. The Hall–Kier alpha value is -3.39. The number of Topliss-reactive ketones (excluding diaryl/α,β-unsaturated/α-hetero) is 1. The third-order valence-electron chi connectivity index (χ3n) is 5.16. The molecular weight excluding hydrogens is 414 g/mol. The van der Waals surface area contributed by atoms with E-state index in [4.69, 9.17) is 4.74 Å². The molecule has 0 aliphatic rings. The van der Waals surface area contributed by atoms with E-state index in [1.54, 1.807) is 30.5 Å². The van der Waals surface area contributed by atoms with Gasteiger partial charge in [-0.25, -0.2) is 4.98 Å². The monoisotopic (exact) mass is 435 g/mol. The lowest BCUT2D eigenvalue weighted by atomic mass is 10.1. The van der Waals surface area contributed by atoms with E-state index in [-0.39, 0.29) is 23.6 Å². The van der Waals surface area contributed by atoms with Crippen molar-refractivity contribution < 1.29 is 14.3 Å². The average molecular weight is 436 g/mol. The summed E-state index contributed by atoms with van der Waals surface area (Å²) in [5.41, 5.74) is 2.88. The first-order valence-electron chi connectivity index (χ1n) is 9.84. The van der Waals surface area contributed by atoms with Crippen molar-refractivity contribution in [2.24, 2.45) is 0 Å². The highest BCUT2D eigenvalue weighted by molar-refractivity contribution is 7.99. The van der Waals surface area contributed by atoms with Crippen LogP contribution in [0.4, 0.5) is 0 Å². The minimum atomic E-state index is -0.559. The number of aryl methyl sites for hydroxylation is 1. The van der Waals surface area contributed by atoms with E-state index >= 15 is 0 Å². The lowest BCUT2D eigenvalue weighted by molar-refractivity contribution is -0.141. The predicted octanol–water partition coefficient (Wildman–Crippen LogP) is 3.59. The van der Waals surface area contributed by atoms with Crippen LogP contribution in [0.15, 0.2) is 58.6 Å². The summed E-state index contributed by atoms with van der Waals surface area (Å²) in [6.45, 7) is 1.80. The minimum Gasteiger partial charge on any atom is -0.468 e. The van der Waals surface area contributed by atoms with Crippen molar-refractivity contribution >= 4 is 45.3 Å². The summed E-state index contributed by atoms with van der Waals surface area (Å²) in [6, 6.07) is 12.8. The molecule has 31 heavy (non-hydrogen) atoms. The Bertz CT molecular complexity index is 1360. The molecule has 2 aromatic carbocycles. The Kier molecular flexibility index (Phi) is 5.90. The number of hydrogen-bond acceptors (Lipinski definition) is 6. The fraction of sp³-hybridized carbons (Fsp3) is 0.217. The molecule has 0 atom stereocenters. The van der Waals surface area contributed by atoms with Crippen LogP contribution in [0.25, 0.3) is 21.8 Å². The van der Waals surface area contributed by atoms with Gasteiger partial charge in [0, 0.05) is 22.7 Å². The molecule has 0 bridgehead atoms. The van der Waals surface area contributed by atoms with Gasteiger partial charge >= 0.3 is 5.97 Å². The van der Waals surface area contributed by atoms with Gasteiger partial charge in [-0.1, -0.05) is 49.0 Å². The SMILES string of the molecule is CCc1cccc2c(C(=O)CSc3nc4ccccc4c(=O)n3CC(=O)OC)c[nH]c12. The number of esters is 1. The molecule has 7 nitrogen and oxygen atoms in total. The summed E-state index contributed by atoms with van der Waals surface area (Å²) in [4.78, 5) is 45.5. The number of carbonyl (C=O) groups is 2. The third-order valence-corrected chi connectivity index (χ3v) is 6.13. The van der Waals surface area contributed by atoms with Crippen molar-refractivity contribution in [2.75, 3.05) is 12.9 Å². The van der Waals surface area contributed by atoms with Crippen molar-refractivity contribution in [3.8, 4) is 0 Å². The number of H-pyrrole nitrogens is 1. The lowest BCUT2D eigenvalue weighted by Gasteiger charge is -2.11. The van der Waals surface area contributed by atoms with E-state index in [0.29, 0.717) is 21.6 Å². The number of nitrogens with zero attached hydrogens (tertiary/aromatic N) is 2. The summed E-state index contributed by atoms with van der Waals surface area (Å²) in [5, 5.41) is 1.59. The molecule has 0 radical (unpaired) electrons. The van der Waals surface area contributed by atoms with E-state index in [2.05, 4.69) is 16.9 Å². The number of ketones is 1. The van der Waals surface area contributed by atoms with E-state index < -0.39 is 5.97 Å². The molecule has 8 heteroatoms. The second-order valence-electron chi connectivity index (χ2n) is 6.99. The van der Waals surface area contributed by atoms with E-state index in [1.807, 2.05) is 18.2 Å². The van der Waals surface area contributed by atoms with Crippen LogP contribution in [0.5, 0.6) is 0 Å². The largest absolute Gasteiger partial charge is 0.468 e. The zero-order chi connectivity index (χ0) is 22.0. The Balaban J connectivity index is 1.67. The number of thioether (sulfide) groups is 1. The quantitative estimate of drug-likeness (QED) is 0.206. The lowest BCUT2D eigenvalue weighted by Crippen LogP contribution is -2.27. The van der Waals surface area contributed by atoms with Gasteiger partial charge in [0.05, 0.1) is 23.8 Å². The normalized spacial score (nSPS) is 11.2. The summed E-state index contributed by atoms with van der Waals surface area (Å²) in [7, 11) is 1.26. The standard InChI is InChI=1S/C23H21N3O4S/c1-3-14-7-6-9-15-17(11-24-21(14)15)19(27)13-31-23-25-18-10-5-4-8-16(18)22(29)26(23)12-20(28)30-2/h4-11,24H,3,12-13H2,1-2H3. The number of ether oxygens (including phenoxy) is 1. The van der Waals surface area contributed by atoms with Crippen LogP contribution in [0.3, 0.4) is 0 Å². The smallest absolute Gasteiger partial charge is 0.325 e. The molecule has 2 heterocycles. The van der Waals surface area contributed by atoms with Gasteiger partial charge in [-0.2, -0.15) is 0 Å². The summed E-state index contributed by atoms with van der Waals surface area (Å²) in [5.74, 6) is -0.567. The third kappa shape index (κ3) is 3.98. The molecule has 0 aliphatic carbocycles. The number of hydrogen-bond donors (Lipinski definition) is 1. The molecule has 158 valence electrons. The van der Waals surface area contributed by atoms with Crippen LogP contribution in [0, 0.1) is 0 Å². The Labute approximate surface area is 182 Å². The molecule has 0 spiro atoms. The highest BCUT2D eigenvalue weighted by atomic mass is 32.2. The number of methoxy groups -OCH3 is 1. The Morgan fingerprint density at radius 2 is 1.90 bits per heavy atom. The zero-order valence-corrected chi connectivity index (χ0v) is 18.0. The van der Waals surface area contributed by atoms with Crippen molar-refractivity contribution in [3.63, 3.8) is 0 Å². The molecule has 0 aliphatic heterocycles. The van der Waals surface area contributed by atoms with E-state index in [0.717, 1.165) is 34.6 Å². The highest BCUT2D eigenvalue weighted by Gasteiger charge is 2.18. The van der Waals surface area contributed by atoms with Crippen molar-refractivity contribution in [1.82, 2.24) is 14.5 Å². The van der Waals surface area contributed by atoms with Crippen LogP contribution in [0.2, 0.25) is 0 Å². The summed E-state index contributed by atoms with van der Waals surface area (Å²) < 4.78 is 5.98. The van der Waals surface area contributed by atoms with Gasteiger partial charge in [-0.05, 0) is 24.1 Å². The molecule has 0 amide bonds. The van der Waals surface area contributed by atoms with Crippen LogP contribution in [-0.2, 0) is 22.5 Å². The number of nitrogens with one attached hydrogen (secondary N) is 1. The number of carbonyl (C=O) groups excluding carboxylic acids is 2. The fourth-order valence-corrected chi connectivity index (χ4v) is 4.42. The Morgan fingerprint density at radius 1 is 1.13 bits per heavy atom.